The van der Waals surface area contributed by atoms with Crippen LogP contribution in [0, 0.1) is 15.9 Å². The van der Waals surface area contributed by atoms with Gasteiger partial charge in [-0.1, -0.05) is 0 Å². The van der Waals surface area contributed by atoms with Gasteiger partial charge in [-0.25, -0.2) is 0 Å². The number of rotatable bonds is 3. The molecule has 2 rings (SSSR count). The minimum absolute atomic E-state index is 0.00528. The van der Waals surface area contributed by atoms with Crippen molar-refractivity contribution < 1.29 is 14.1 Å². The normalized spacial score (nSPS) is 10.2. The van der Waals surface area contributed by atoms with Gasteiger partial charge in [0.2, 0.25) is 5.82 Å². The number of nitrogens with one attached hydrogen (secondary N) is 1. The standard InChI is InChI=1S/C11H9FN4O3/c1-15-10(4-5-13-15)14-11(17)7-2-3-8(12)9(6-7)16(18)19/h2-6H,1H3,(H,14,17). The maximum Gasteiger partial charge on any atom is 0.305 e. The fourth-order valence-corrected chi connectivity index (χ4v) is 1.48. The predicted octanol–water partition coefficient (Wildman–Crippen LogP) is 1.72. The third-order valence-corrected chi connectivity index (χ3v) is 2.47. The lowest BCUT2D eigenvalue weighted by atomic mass is 10.2. The summed E-state index contributed by atoms with van der Waals surface area (Å²) < 4.78 is 14.6. The predicted molar refractivity (Wildman–Crippen MR) is 64.2 cm³/mol. The fourth-order valence-electron chi connectivity index (χ4n) is 1.48. The minimum atomic E-state index is -0.984. The molecule has 0 aliphatic rings. The van der Waals surface area contributed by atoms with Crippen LogP contribution in [-0.2, 0) is 7.05 Å². The molecule has 0 saturated carbocycles. The number of anilines is 1. The van der Waals surface area contributed by atoms with Gasteiger partial charge >= 0.3 is 5.69 Å². The molecule has 1 N–H and O–H groups in total. The van der Waals surface area contributed by atoms with Gasteiger partial charge in [0.15, 0.2) is 0 Å². The lowest BCUT2D eigenvalue weighted by molar-refractivity contribution is -0.387. The van der Waals surface area contributed by atoms with Crippen LogP contribution in [0.5, 0.6) is 0 Å². The van der Waals surface area contributed by atoms with Crippen LogP contribution >= 0.6 is 0 Å². The average molecular weight is 264 g/mol. The summed E-state index contributed by atoms with van der Waals surface area (Å²) in [7, 11) is 1.63. The van der Waals surface area contributed by atoms with E-state index in [1.54, 1.807) is 13.1 Å². The molecule has 0 atom stereocenters. The molecule has 0 aliphatic carbocycles. The minimum Gasteiger partial charge on any atom is -0.307 e. The number of hydrogen-bond acceptors (Lipinski definition) is 4. The van der Waals surface area contributed by atoms with Crippen molar-refractivity contribution in [3.05, 3.63) is 52.0 Å². The molecule has 19 heavy (non-hydrogen) atoms. The first-order valence-corrected chi connectivity index (χ1v) is 5.22. The van der Waals surface area contributed by atoms with Crippen LogP contribution in [-0.4, -0.2) is 20.6 Å². The molecule has 0 saturated heterocycles. The van der Waals surface area contributed by atoms with Crippen molar-refractivity contribution in [3.8, 4) is 0 Å². The molecule has 7 nitrogen and oxygen atoms in total. The van der Waals surface area contributed by atoms with Crippen LogP contribution < -0.4 is 5.32 Å². The van der Waals surface area contributed by atoms with E-state index < -0.39 is 22.3 Å². The van der Waals surface area contributed by atoms with Gasteiger partial charge in [-0.3, -0.25) is 19.6 Å². The smallest absolute Gasteiger partial charge is 0.305 e. The summed E-state index contributed by atoms with van der Waals surface area (Å²) in [6.45, 7) is 0. The number of hydrogen-bond donors (Lipinski definition) is 1. The fraction of sp³-hybridized carbons (Fsp3) is 0.0909. The zero-order valence-electron chi connectivity index (χ0n) is 9.83. The van der Waals surface area contributed by atoms with E-state index in [1.807, 2.05) is 0 Å². The topological polar surface area (TPSA) is 90.1 Å². The summed E-state index contributed by atoms with van der Waals surface area (Å²) in [6.07, 6.45) is 1.49. The van der Waals surface area contributed by atoms with Gasteiger partial charge in [0.05, 0.1) is 11.1 Å². The molecular formula is C11H9FN4O3. The van der Waals surface area contributed by atoms with Gasteiger partial charge in [-0.05, 0) is 12.1 Å². The molecule has 0 bridgehead atoms. The number of nitro benzene ring substituents is 1. The Bertz CT molecular complexity index is 653. The molecule has 0 unspecified atom stereocenters. The number of aromatic nitrogens is 2. The highest BCUT2D eigenvalue weighted by Crippen LogP contribution is 2.19. The number of carbonyl (C=O) groups is 1. The summed E-state index contributed by atoms with van der Waals surface area (Å²) in [6, 6.07) is 4.52. The van der Waals surface area contributed by atoms with Gasteiger partial charge < -0.3 is 5.32 Å². The Kier molecular flexibility index (Phi) is 3.23. The molecule has 1 aromatic heterocycles. The lowest BCUT2D eigenvalue weighted by Crippen LogP contribution is -2.15. The van der Waals surface area contributed by atoms with Crippen molar-refractivity contribution in [2.75, 3.05) is 5.32 Å². The van der Waals surface area contributed by atoms with Gasteiger partial charge in [-0.15, -0.1) is 0 Å². The van der Waals surface area contributed by atoms with Crippen molar-refractivity contribution in [1.29, 1.82) is 0 Å². The zero-order valence-corrected chi connectivity index (χ0v) is 9.83. The molecule has 1 aromatic carbocycles. The second-order valence-electron chi connectivity index (χ2n) is 3.72. The van der Waals surface area contributed by atoms with Crippen LogP contribution in [0.1, 0.15) is 10.4 Å². The number of benzene rings is 1. The molecule has 0 fully saturated rings. The van der Waals surface area contributed by atoms with E-state index in [0.29, 0.717) is 5.82 Å². The van der Waals surface area contributed by atoms with Crippen molar-refractivity contribution in [1.82, 2.24) is 9.78 Å². The molecule has 0 radical (unpaired) electrons. The Labute approximate surface area is 106 Å². The highest BCUT2D eigenvalue weighted by molar-refractivity contribution is 6.04. The molecular weight excluding hydrogens is 255 g/mol. The van der Waals surface area contributed by atoms with Crippen molar-refractivity contribution in [2.24, 2.45) is 7.05 Å². The second kappa shape index (κ2) is 4.84. The maximum absolute atomic E-state index is 13.1. The first kappa shape index (κ1) is 12.7. The SMILES string of the molecule is Cn1nccc1NC(=O)c1ccc(F)c([N+](=O)[O-])c1. The highest BCUT2D eigenvalue weighted by atomic mass is 19.1. The van der Waals surface area contributed by atoms with Crippen LogP contribution in [0.2, 0.25) is 0 Å². The zero-order chi connectivity index (χ0) is 14.0. The number of aryl methyl sites for hydroxylation is 1. The monoisotopic (exact) mass is 264 g/mol. The second-order valence-corrected chi connectivity index (χ2v) is 3.72. The van der Waals surface area contributed by atoms with E-state index in [4.69, 9.17) is 0 Å². The van der Waals surface area contributed by atoms with E-state index in [9.17, 15) is 19.3 Å². The number of amides is 1. The molecule has 1 amide bonds. The maximum atomic E-state index is 13.1. The van der Waals surface area contributed by atoms with Crippen LogP contribution in [0.3, 0.4) is 0 Å². The number of carbonyl (C=O) groups excluding carboxylic acids is 1. The van der Waals surface area contributed by atoms with E-state index >= 15 is 0 Å². The Morgan fingerprint density at radius 3 is 2.79 bits per heavy atom. The summed E-state index contributed by atoms with van der Waals surface area (Å²) in [5, 5.41) is 17.0. The average Bonchev–Trinajstić information content (AvgIpc) is 2.75. The third kappa shape index (κ3) is 2.57. The number of nitrogens with zero attached hydrogens (tertiary/aromatic N) is 3. The lowest BCUT2D eigenvalue weighted by Gasteiger charge is -2.05. The van der Waals surface area contributed by atoms with Crippen molar-refractivity contribution in [3.63, 3.8) is 0 Å². The largest absolute Gasteiger partial charge is 0.307 e. The van der Waals surface area contributed by atoms with Crippen molar-refractivity contribution >= 4 is 17.4 Å². The Morgan fingerprint density at radius 2 is 2.21 bits per heavy atom. The highest BCUT2D eigenvalue weighted by Gasteiger charge is 2.18. The molecule has 0 spiro atoms. The molecule has 2 aromatic rings. The van der Waals surface area contributed by atoms with Crippen molar-refractivity contribution in [2.45, 2.75) is 0 Å². The Hall–Kier alpha value is -2.77. The molecule has 0 aliphatic heterocycles. The molecule has 1 heterocycles. The quantitative estimate of drug-likeness (QED) is 0.675. The first-order valence-electron chi connectivity index (χ1n) is 5.22. The van der Waals surface area contributed by atoms with E-state index in [2.05, 4.69) is 10.4 Å². The van der Waals surface area contributed by atoms with E-state index in [1.165, 1.54) is 16.9 Å². The summed E-state index contributed by atoms with van der Waals surface area (Å²) in [5.74, 6) is -1.13. The third-order valence-electron chi connectivity index (χ3n) is 2.47. The van der Waals surface area contributed by atoms with Gasteiger partial charge in [-0.2, -0.15) is 9.49 Å². The van der Waals surface area contributed by atoms with Gasteiger partial charge in [0, 0.05) is 24.7 Å². The van der Waals surface area contributed by atoms with E-state index in [0.717, 1.165) is 12.1 Å². The van der Waals surface area contributed by atoms with Gasteiger partial charge in [0.25, 0.3) is 5.91 Å². The summed E-state index contributed by atoms with van der Waals surface area (Å²) in [4.78, 5) is 21.6. The summed E-state index contributed by atoms with van der Waals surface area (Å²) >= 11 is 0. The van der Waals surface area contributed by atoms with E-state index in [-0.39, 0.29) is 5.56 Å². The van der Waals surface area contributed by atoms with Crippen LogP contribution in [0.25, 0.3) is 0 Å². The van der Waals surface area contributed by atoms with Gasteiger partial charge in [0.1, 0.15) is 5.82 Å². The molecule has 8 heteroatoms. The van der Waals surface area contributed by atoms with Crippen LogP contribution in [0.4, 0.5) is 15.9 Å². The Morgan fingerprint density at radius 1 is 1.47 bits per heavy atom. The Balaban J connectivity index is 2.27. The molecule has 98 valence electrons. The number of halogens is 1. The summed E-state index contributed by atoms with van der Waals surface area (Å²) in [5.41, 5.74) is -0.744. The first-order chi connectivity index (χ1) is 8.99. The number of nitro groups is 1. The van der Waals surface area contributed by atoms with Crippen LogP contribution in [0.15, 0.2) is 30.5 Å².